The van der Waals surface area contributed by atoms with Crippen LogP contribution in [0.2, 0.25) is 0 Å². The summed E-state index contributed by atoms with van der Waals surface area (Å²) in [6.07, 6.45) is -0.0999. The van der Waals surface area contributed by atoms with Gasteiger partial charge in [0.05, 0.1) is 12.7 Å². The second kappa shape index (κ2) is 7.12. The lowest BCUT2D eigenvalue weighted by atomic mass is 10.0. The van der Waals surface area contributed by atoms with Crippen molar-refractivity contribution in [3.05, 3.63) is 54.1 Å². The SMILES string of the molecule is COc1ccc(-c2cccc(C(=O)OC(C)C(C)C)c2)cc1. The van der Waals surface area contributed by atoms with Gasteiger partial charge >= 0.3 is 5.97 Å². The molecule has 2 aromatic carbocycles. The molecule has 3 heteroatoms. The van der Waals surface area contributed by atoms with Crippen molar-refractivity contribution in [2.45, 2.75) is 26.9 Å². The molecule has 0 aliphatic carbocycles. The van der Waals surface area contributed by atoms with E-state index in [0.29, 0.717) is 11.5 Å². The predicted octanol–water partition coefficient (Wildman–Crippen LogP) is 4.56. The standard InChI is InChI=1S/C19H22O3/c1-13(2)14(3)22-19(20)17-7-5-6-16(12-17)15-8-10-18(21-4)11-9-15/h5-14H,1-4H3. The number of benzene rings is 2. The third kappa shape index (κ3) is 3.88. The summed E-state index contributed by atoms with van der Waals surface area (Å²) < 4.78 is 10.6. The van der Waals surface area contributed by atoms with E-state index < -0.39 is 0 Å². The Labute approximate surface area is 131 Å². The molecule has 1 unspecified atom stereocenters. The highest BCUT2D eigenvalue weighted by atomic mass is 16.5. The van der Waals surface area contributed by atoms with Gasteiger partial charge in [0.1, 0.15) is 11.9 Å². The van der Waals surface area contributed by atoms with Crippen LogP contribution in [0.5, 0.6) is 5.75 Å². The quantitative estimate of drug-likeness (QED) is 0.759. The van der Waals surface area contributed by atoms with Crippen molar-refractivity contribution in [3.63, 3.8) is 0 Å². The summed E-state index contributed by atoms with van der Waals surface area (Å²) in [6.45, 7) is 5.98. The molecular formula is C19H22O3. The van der Waals surface area contributed by atoms with Crippen LogP contribution in [0.3, 0.4) is 0 Å². The number of esters is 1. The lowest BCUT2D eigenvalue weighted by Gasteiger charge is -2.16. The first kappa shape index (κ1) is 16.1. The van der Waals surface area contributed by atoms with Crippen LogP contribution in [0.15, 0.2) is 48.5 Å². The van der Waals surface area contributed by atoms with Crippen molar-refractivity contribution >= 4 is 5.97 Å². The maximum Gasteiger partial charge on any atom is 0.338 e. The van der Waals surface area contributed by atoms with Crippen LogP contribution in [-0.4, -0.2) is 19.2 Å². The van der Waals surface area contributed by atoms with Crippen LogP contribution >= 0.6 is 0 Å². The maximum atomic E-state index is 12.2. The zero-order valence-electron chi connectivity index (χ0n) is 13.5. The molecule has 1 atom stereocenters. The van der Waals surface area contributed by atoms with Crippen LogP contribution in [0.4, 0.5) is 0 Å². The van der Waals surface area contributed by atoms with E-state index in [0.717, 1.165) is 16.9 Å². The highest BCUT2D eigenvalue weighted by Crippen LogP contribution is 2.23. The molecule has 0 N–H and O–H groups in total. The molecule has 0 fully saturated rings. The lowest BCUT2D eigenvalue weighted by Crippen LogP contribution is -2.20. The van der Waals surface area contributed by atoms with Gasteiger partial charge in [-0.1, -0.05) is 38.1 Å². The Morgan fingerprint density at radius 2 is 1.64 bits per heavy atom. The van der Waals surface area contributed by atoms with Crippen molar-refractivity contribution in [1.82, 2.24) is 0 Å². The second-order valence-corrected chi connectivity index (χ2v) is 5.66. The Morgan fingerprint density at radius 3 is 2.23 bits per heavy atom. The summed E-state index contributed by atoms with van der Waals surface area (Å²) in [5.74, 6) is 0.829. The average molecular weight is 298 g/mol. The molecule has 0 heterocycles. The number of hydrogen-bond donors (Lipinski definition) is 0. The number of hydrogen-bond acceptors (Lipinski definition) is 3. The molecule has 116 valence electrons. The minimum absolute atomic E-state index is 0.0999. The molecule has 22 heavy (non-hydrogen) atoms. The number of ether oxygens (including phenoxy) is 2. The third-order valence-electron chi connectivity index (χ3n) is 3.75. The van der Waals surface area contributed by atoms with Crippen LogP contribution in [0.1, 0.15) is 31.1 Å². The molecule has 0 aliphatic heterocycles. The smallest absolute Gasteiger partial charge is 0.338 e. The predicted molar refractivity (Wildman–Crippen MR) is 88.1 cm³/mol. The summed E-state index contributed by atoms with van der Waals surface area (Å²) >= 11 is 0. The van der Waals surface area contributed by atoms with Crippen molar-refractivity contribution in [1.29, 1.82) is 0 Å². The highest BCUT2D eigenvalue weighted by molar-refractivity contribution is 5.91. The largest absolute Gasteiger partial charge is 0.497 e. The number of carbonyl (C=O) groups is 1. The van der Waals surface area contributed by atoms with Crippen LogP contribution < -0.4 is 4.74 Å². The monoisotopic (exact) mass is 298 g/mol. The minimum Gasteiger partial charge on any atom is -0.497 e. The zero-order valence-corrected chi connectivity index (χ0v) is 13.5. The van der Waals surface area contributed by atoms with E-state index in [2.05, 4.69) is 0 Å². The number of methoxy groups -OCH3 is 1. The van der Waals surface area contributed by atoms with Gasteiger partial charge in [0.2, 0.25) is 0 Å². The van der Waals surface area contributed by atoms with E-state index in [-0.39, 0.29) is 12.1 Å². The third-order valence-corrected chi connectivity index (χ3v) is 3.75. The van der Waals surface area contributed by atoms with Gasteiger partial charge in [0.25, 0.3) is 0 Å². The van der Waals surface area contributed by atoms with E-state index >= 15 is 0 Å². The Kier molecular flexibility index (Phi) is 5.21. The van der Waals surface area contributed by atoms with Crippen LogP contribution in [0, 0.1) is 5.92 Å². The normalized spacial score (nSPS) is 12.0. The molecule has 2 aromatic rings. The van der Waals surface area contributed by atoms with Gasteiger partial charge in [-0.25, -0.2) is 4.79 Å². The van der Waals surface area contributed by atoms with E-state index in [1.54, 1.807) is 13.2 Å². The van der Waals surface area contributed by atoms with Gasteiger partial charge in [0, 0.05) is 0 Å². The van der Waals surface area contributed by atoms with E-state index in [1.807, 2.05) is 63.2 Å². The number of carbonyl (C=O) groups excluding carboxylic acids is 1. The molecular weight excluding hydrogens is 276 g/mol. The van der Waals surface area contributed by atoms with Crippen LogP contribution in [0.25, 0.3) is 11.1 Å². The second-order valence-electron chi connectivity index (χ2n) is 5.66. The first-order valence-electron chi connectivity index (χ1n) is 7.46. The fourth-order valence-electron chi connectivity index (χ4n) is 1.98. The Morgan fingerprint density at radius 1 is 0.955 bits per heavy atom. The molecule has 0 aliphatic rings. The Bertz CT molecular complexity index is 629. The summed E-state index contributed by atoms with van der Waals surface area (Å²) in [5.41, 5.74) is 2.59. The van der Waals surface area contributed by atoms with Gasteiger partial charge in [-0.15, -0.1) is 0 Å². The van der Waals surface area contributed by atoms with Gasteiger partial charge in [-0.3, -0.25) is 0 Å². The molecule has 0 spiro atoms. The van der Waals surface area contributed by atoms with E-state index in [1.165, 1.54) is 0 Å². The number of rotatable bonds is 5. The van der Waals surface area contributed by atoms with E-state index in [9.17, 15) is 4.79 Å². The summed E-state index contributed by atoms with van der Waals surface area (Å²) in [5, 5.41) is 0. The lowest BCUT2D eigenvalue weighted by molar-refractivity contribution is 0.0238. The molecule has 2 rings (SSSR count). The molecule has 0 radical (unpaired) electrons. The molecule has 0 saturated heterocycles. The Hall–Kier alpha value is -2.29. The van der Waals surface area contributed by atoms with Crippen molar-refractivity contribution in [2.75, 3.05) is 7.11 Å². The minimum atomic E-state index is -0.281. The van der Waals surface area contributed by atoms with Gasteiger partial charge in [-0.05, 0) is 48.2 Å². The fourth-order valence-corrected chi connectivity index (χ4v) is 1.98. The van der Waals surface area contributed by atoms with Gasteiger partial charge in [-0.2, -0.15) is 0 Å². The Balaban J connectivity index is 2.20. The van der Waals surface area contributed by atoms with Crippen LogP contribution in [-0.2, 0) is 4.74 Å². The zero-order chi connectivity index (χ0) is 16.1. The van der Waals surface area contributed by atoms with Crippen molar-refractivity contribution in [2.24, 2.45) is 5.92 Å². The molecule has 0 saturated carbocycles. The first-order valence-corrected chi connectivity index (χ1v) is 7.46. The first-order chi connectivity index (χ1) is 10.5. The maximum absolute atomic E-state index is 12.2. The van der Waals surface area contributed by atoms with E-state index in [4.69, 9.17) is 9.47 Å². The fraction of sp³-hybridized carbons (Fsp3) is 0.316. The summed E-state index contributed by atoms with van der Waals surface area (Å²) in [4.78, 5) is 12.2. The molecule has 0 amide bonds. The average Bonchev–Trinajstić information content (AvgIpc) is 2.55. The van der Waals surface area contributed by atoms with Crippen molar-refractivity contribution < 1.29 is 14.3 Å². The topological polar surface area (TPSA) is 35.5 Å². The van der Waals surface area contributed by atoms with Gasteiger partial charge in [0.15, 0.2) is 0 Å². The van der Waals surface area contributed by atoms with Gasteiger partial charge < -0.3 is 9.47 Å². The summed E-state index contributed by atoms with van der Waals surface area (Å²) in [6, 6.07) is 15.2. The summed E-state index contributed by atoms with van der Waals surface area (Å²) in [7, 11) is 1.64. The molecule has 3 nitrogen and oxygen atoms in total. The van der Waals surface area contributed by atoms with Crippen molar-refractivity contribution in [3.8, 4) is 16.9 Å². The highest BCUT2D eigenvalue weighted by Gasteiger charge is 2.15. The molecule has 0 bridgehead atoms. The molecule has 0 aromatic heterocycles.